The van der Waals surface area contributed by atoms with Crippen LogP contribution in [0.25, 0.3) is 0 Å². The molecule has 0 atom stereocenters. The van der Waals surface area contributed by atoms with E-state index < -0.39 is 7.92 Å². The van der Waals surface area contributed by atoms with E-state index in [0.717, 1.165) is 0 Å². The molecule has 0 heterocycles. The van der Waals surface area contributed by atoms with E-state index in [-0.39, 0.29) is 0 Å². The van der Waals surface area contributed by atoms with E-state index in [1.807, 2.05) is 11.8 Å². The Morgan fingerprint density at radius 2 is 1.04 bits per heavy atom. The van der Waals surface area contributed by atoms with Crippen LogP contribution in [0.15, 0.2) is 87.5 Å². The van der Waals surface area contributed by atoms with Gasteiger partial charge in [0, 0.05) is 14.7 Å². The van der Waals surface area contributed by atoms with Gasteiger partial charge in [0.25, 0.3) is 0 Å². The van der Waals surface area contributed by atoms with E-state index >= 15 is 0 Å². The van der Waals surface area contributed by atoms with E-state index in [4.69, 9.17) is 0 Å². The Morgan fingerprint density at radius 3 is 1.48 bits per heavy atom. The third-order valence-corrected chi connectivity index (χ3v) is 8.92. The molecule has 128 valence electrons. The predicted octanol–water partition coefficient (Wildman–Crippen LogP) is 5.61. The van der Waals surface area contributed by atoms with Crippen molar-refractivity contribution < 1.29 is 0 Å². The summed E-state index contributed by atoms with van der Waals surface area (Å²) in [6.45, 7) is 0. The third-order valence-electron chi connectivity index (χ3n) is 3.99. The van der Waals surface area contributed by atoms with Gasteiger partial charge in [-0.2, -0.15) is 0 Å². The first-order valence-electron chi connectivity index (χ1n) is 7.98. The second kappa shape index (κ2) is 9.19. The van der Waals surface area contributed by atoms with Crippen molar-refractivity contribution in [2.45, 2.75) is 14.7 Å². The van der Waals surface area contributed by atoms with E-state index in [1.165, 1.54) is 30.6 Å². The first-order chi connectivity index (χ1) is 12.3. The van der Waals surface area contributed by atoms with E-state index in [2.05, 4.69) is 91.6 Å². The first-order valence-corrected chi connectivity index (χ1v) is 13.0. The third kappa shape index (κ3) is 4.46. The highest BCUT2D eigenvalue weighted by Gasteiger charge is 2.19. The summed E-state index contributed by atoms with van der Waals surface area (Å²) in [5, 5.41) is 4.26. The molecule has 0 aliphatic heterocycles. The SMILES string of the molecule is CSc1ccc(P(c2ccc(SC)cc2)c2ccccc2SC)cc1. The van der Waals surface area contributed by atoms with Crippen molar-refractivity contribution in [1.29, 1.82) is 0 Å². The lowest BCUT2D eigenvalue weighted by Gasteiger charge is -2.22. The zero-order valence-corrected chi connectivity index (χ0v) is 17.9. The van der Waals surface area contributed by atoms with Crippen LogP contribution in [0, 0.1) is 0 Å². The zero-order chi connectivity index (χ0) is 17.6. The van der Waals surface area contributed by atoms with Gasteiger partial charge in [0.15, 0.2) is 0 Å². The Hall–Kier alpha value is -0.860. The first kappa shape index (κ1) is 18.9. The van der Waals surface area contributed by atoms with Gasteiger partial charge in [0.2, 0.25) is 0 Å². The lowest BCUT2D eigenvalue weighted by atomic mass is 10.3. The maximum absolute atomic E-state index is 2.30. The molecule has 0 unspecified atom stereocenters. The molecule has 25 heavy (non-hydrogen) atoms. The highest BCUT2D eigenvalue weighted by Crippen LogP contribution is 2.37. The maximum Gasteiger partial charge on any atom is 0.0153 e. The summed E-state index contributed by atoms with van der Waals surface area (Å²) in [5.41, 5.74) is 0. The van der Waals surface area contributed by atoms with Gasteiger partial charge in [-0.3, -0.25) is 0 Å². The maximum atomic E-state index is 2.30. The molecule has 4 heteroatoms. The molecule has 0 bridgehead atoms. The van der Waals surface area contributed by atoms with Gasteiger partial charge >= 0.3 is 0 Å². The number of hydrogen-bond acceptors (Lipinski definition) is 3. The lowest BCUT2D eigenvalue weighted by molar-refractivity contribution is 1.48. The fraction of sp³-hybridized carbons (Fsp3) is 0.143. The van der Waals surface area contributed by atoms with Crippen molar-refractivity contribution in [3.63, 3.8) is 0 Å². The van der Waals surface area contributed by atoms with Gasteiger partial charge in [-0.25, -0.2) is 0 Å². The minimum Gasteiger partial charge on any atom is -0.130 e. The number of hydrogen-bond donors (Lipinski definition) is 0. The van der Waals surface area contributed by atoms with E-state index in [1.54, 1.807) is 23.5 Å². The Morgan fingerprint density at radius 1 is 0.560 bits per heavy atom. The summed E-state index contributed by atoms with van der Waals surface area (Å²) in [7, 11) is -0.547. The van der Waals surface area contributed by atoms with Gasteiger partial charge in [-0.05, 0) is 72.9 Å². The van der Waals surface area contributed by atoms with Crippen molar-refractivity contribution in [3.8, 4) is 0 Å². The van der Waals surface area contributed by atoms with Crippen LogP contribution in [-0.4, -0.2) is 18.8 Å². The monoisotopic (exact) mass is 400 g/mol. The molecular formula is C21H21PS3. The van der Waals surface area contributed by atoms with Gasteiger partial charge in [-0.15, -0.1) is 35.3 Å². The standard InChI is InChI=1S/C21H21PS3/c1-23-18-12-8-16(9-13-18)22(17-10-14-19(24-2)15-11-17)20-6-4-5-7-21(20)25-3/h4-15H,1-3H3. The summed E-state index contributed by atoms with van der Waals surface area (Å²) in [6, 6.07) is 27.0. The number of rotatable bonds is 6. The Labute approximate surface area is 165 Å². The fourth-order valence-electron chi connectivity index (χ4n) is 2.70. The molecule has 0 aliphatic rings. The zero-order valence-electron chi connectivity index (χ0n) is 14.6. The van der Waals surface area contributed by atoms with Crippen LogP contribution < -0.4 is 15.9 Å². The van der Waals surface area contributed by atoms with Crippen LogP contribution in [0.5, 0.6) is 0 Å². The molecule has 0 amide bonds. The van der Waals surface area contributed by atoms with Crippen LogP contribution in [0.3, 0.4) is 0 Å². The molecule has 0 saturated heterocycles. The van der Waals surface area contributed by atoms with Crippen LogP contribution in [0.2, 0.25) is 0 Å². The van der Waals surface area contributed by atoms with Crippen molar-refractivity contribution in [1.82, 2.24) is 0 Å². The van der Waals surface area contributed by atoms with Crippen molar-refractivity contribution in [3.05, 3.63) is 72.8 Å². The molecular weight excluding hydrogens is 379 g/mol. The average Bonchev–Trinajstić information content (AvgIpc) is 2.69. The van der Waals surface area contributed by atoms with Gasteiger partial charge < -0.3 is 0 Å². The van der Waals surface area contributed by atoms with Crippen LogP contribution in [0.4, 0.5) is 0 Å². The Bertz CT molecular complexity index is 766. The van der Waals surface area contributed by atoms with E-state index in [9.17, 15) is 0 Å². The molecule has 0 aromatic heterocycles. The minimum atomic E-state index is -0.547. The Balaban J connectivity index is 2.12. The fourth-order valence-corrected chi connectivity index (χ4v) is 6.84. The summed E-state index contributed by atoms with van der Waals surface area (Å²) < 4.78 is 0. The number of benzene rings is 3. The molecule has 3 aromatic carbocycles. The molecule has 3 aromatic rings. The lowest BCUT2D eigenvalue weighted by Crippen LogP contribution is -2.22. The second-order valence-electron chi connectivity index (χ2n) is 5.40. The molecule has 0 radical (unpaired) electrons. The molecule has 0 fully saturated rings. The highest BCUT2D eigenvalue weighted by molar-refractivity contribution is 7.99. The van der Waals surface area contributed by atoms with Crippen molar-refractivity contribution in [2.75, 3.05) is 18.8 Å². The number of thioether (sulfide) groups is 3. The average molecular weight is 401 g/mol. The van der Waals surface area contributed by atoms with Crippen LogP contribution in [-0.2, 0) is 0 Å². The largest absolute Gasteiger partial charge is 0.130 e. The molecule has 0 N–H and O–H groups in total. The molecule has 3 rings (SSSR count). The topological polar surface area (TPSA) is 0 Å². The summed E-state index contributed by atoms with van der Waals surface area (Å²) in [6.07, 6.45) is 6.42. The molecule has 0 saturated carbocycles. The van der Waals surface area contributed by atoms with Gasteiger partial charge in [-0.1, -0.05) is 42.5 Å². The van der Waals surface area contributed by atoms with Crippen LogP contribution >= 0.6 is 43.2 Å². The quantitative estimate of drug-likeness (QED) is 0.390. The predicted molar refractivity (Wildman–Crippen MR) is 120 cm³/mol. The molecule has 0 aliphatic carbocycles. The highest BCUT2D eigenvalue weighted by atomic mass is 32.2. The van der Waals surface area contributed by atoms with Gasteiger partial charge in [0.05, 0.1) is 0 Å². The normalized spacial score (nSPS) is 11.0. The Kier molecular flexibility index (Phi) is 6.95. The second-order valence-corrected chi connectivity index (χ2v) is 10.2. The minimum absolute atomic E-state index is 0.547. The van der Waals surface area contributed by atoms with Crippen LogP contribution in [0.1, 0.15) is 0 Å². The van der Waals surface area contributed by atoms with Gasteiger partial charge in [0.1, 0.15) is 0 Å². The van der Waals surface area contributed by atoms with E-state index in [0.29, 0.717) is 0 Å². The summed E-state index contributed by atoms with van der Waals surface area (Å²) in [5.74, 6) is 0. The summed E-state index contributed by atoms with van der Waals surface area (Å²) >= 11 is 5.42. The summed E-state index contributed by atoms with van der Waals surface area (Å²) in [4.78, 5) is 4.00. The molecule has 0 spiro atoms. The molecule has 0 nitrogen and oxygen atoms in total. The van der Waals surface area contributed by atoms with Crippen molar-refractivity contribution >= 4 is 59.1 Å². The van der Waals surface area contributed by atoms with Crippen molar-refractivity contribution in [2.24, 2.45) is 0 Å². The smallest absolute Gasteiger partial charge is 0.0153 e.